The van der Waals surface area contributed by atoms with Gasteiger partial charge in [0.15, 0.2) is 0 Å². The maximum Gasteiger partial charge on any atom is 0.0318 e. The second kappa shape index (κ2) is 5.01. The molecule has 1 heteroatoms. The van der Waals surface area contributed by atoms with Crippen molar-refractivity contribution >= 4 is 0 Å². The van der Waals surface area contributed by atoms with Crippen LogP contribution in [0.4, 0.5) is 0 Å². The summed E-state index contributed by atoms with van der Waals surface area (Å²) in [7, 11) is 2.12. The zero-order chi connectivity index (χ0) is 14.1. The standard InChI is InChI=1S/C17H25N/c1-9-10-15-17(6,7)16(14(5)18(15)8)13(4)11-12(2)3/h9-11H,1-2H2,3-8H3/b13-11-,15-10-. The number of rotatable bonds is 3. The first kappa shape index (κ1) is 14.6. The normalized spacial score (nSPS) is 21.8. The molecule has 0 N–H and O–H groups in total. The van der Waals surface area contributed by atoms with Crippen LogP contribution in [0.3, 0.4) is 0 Å². The van der Waals surface area contributed by atoms with Crippen LogP contribution in [-0.4, -0.2) is 11.9 Å². The average Bonchev–Trinajstić information content (AvgIpc) is 2.38. The second-order valence-corrected chi connectivity index (χ2v) is 5.61. The van der Waals surface area contributed by atoms with Gasteiger partial charge in [-0.2, -0.15) is 0 Å². The Bertz CT molecular complexity index is 470. The van der Waals surface area contributed by atoms with Gasteiger partial charge in [0.2, 0.25) is 0 Å². The van der Waals surface area contributed by atoms with Crippen molar-refractivity contribution in [3.05, 3.63) is 59.5 Å². The Balaban J connectivity index is 3.39. The largest absolute Gasteiger partial charge is 0.351 e. The van der Waals surface area contributed by atoms with E-state index in [2.05, 4.69) is 65.0 Å². The molecule has 0 atom stereocenters. The molecule has 0 saturated carbocycles. The average molecular weight is 243 g/mol. The van der Waals surface area contributed by atoms with Crippen molar-refractivity contribution in [2.45, 2.75) is 34.6 Å². The maximum absolute atomic E-state index is 3.97. The minimum atomic E-state index is 0.0169. The minimum Gasteiger partial charge on any atom is -0.351 e. The monoisotopic (exact) mass is 243 g/mol. The maximum atomic E-state index is 3.97. The molecule has 0 saturated heterocycles. The van der Waals surface area contributed by atoms with Crippen LogP contribution in [-0.2, 0) is 0 Å². The Morgan fingerprint density at radius 3 is 2.28 bits per heavy atom. The number of hydrogen-bond donors (Lipinski definition) is 0. The van der Waals surface area contributed by atoms with Crippen LogP contribution in [0.1, 0.15) is 34.6 Å². The first-order chi connectivity index (χ1) is 8.23. The van der Waals surface area contributed by atoms with E-state index in [0.717, 1.165) is 5.57 Å². The molecular formula is C17H25N. The van der Waals surface area contributed by atoms with Crippen LogP contribution >= 0.6 is 0 Å². The predicted octanol–water partition coefficient (Wildman–Crippen LogP) is 4.82. The summed E-state index contributed by atoms with van der Waals surface area (Å²) in [6.07, 6.45) is 6.12. The van der Waals surface area contributed by atoms with Crippen molar-refractivity contribution in [3.8, 4) is 0 Å². The van der Waals surface area contributed by atoms with Gasteiger partial charge >= 0.3 is 0 Å². The zero-order valence-electron chi connectivity index (χ0n) is 12.6. The van der Waals surface area contributed by atoms with Gasteiger partial charge in [0.25, 0.3) is 0 Å². The SMILES string of the molecule is C=C/C=C1\N(C)C(C)=C(/C(C)=C\C(=C)C)C1(C)C. The van der Waals surface area contributed by atoms with E-state index in [1.807, 2.05) is 13.0 Å². The van der Waals surface area contributed by atoms with Crippen molar-refractivity contribution < 1.29 is 0 Å². The molecule has 0 aromatic carbocycles. The molecule has 0 amide bonds. The smallest absolute Gasteiger partial charge is 0.0318 e. The van der Waals surface area contributed by atoms with Crippen LogP contribution in [0, 0.1) is 5.41 Å². The molecule has 1 nitrogen and oxygen atoms in total. The van der Waals surface area contributed by atoms with E-state index in [9.17, 15) is 0 Å². The third kappa shape index (κ3) is 2.35. The molecule has 0 aromatic heterocycles. The van der Waals surface area contributed by atoms with Crippen molar-refractivity contribution in [2.24, 2.45) is 5.41 Å². The zero-order valence-corrected chi connectivity index (χ0v) is 12.6. The Kier molecular flexibility index (Phi) is 4.05. The first-order valence-corrected chi connectivity index (χ1v) is 6.36. The van der Waals surface area contributed by atoms with Crippen LogP contribution in [0.25, 0.3) is 0 Å². The summed E-state index contributed by atoms with van der Waals surface area (Å²) in [5, 5.41) is 0. The van der Waals surface area contributed by atoms with Crippen molar-refractivity contribution in [1.82, 2.24) is 4.90 Å². The molecule has 0 spiro atoms. The summed E-state index contributed by atoms with van der Waals surface area (Å²) < 4.78 is 0. The van der Waals surface area contributed by atoms with Gasteiger partial charge in [0, 0.05) is 23.9 Å². The summed E-state index contributed by atoms with van der Waals surface area (Å²) in [6.45, 7) is 18.7. The summed E-state index contributed by atoms with van der Waals surface area (Å²) in [5.41, 5.74) is 6.39. The Hall–Kier alpha value is -1.50. The van der Waals surface area contributed by atoms with Crippen molar-refractivity contribution in [2.75, 3.05) is 7.05 Å². The summed E-state index contributed by atoms with van der Waals surface area (Å²) in [5.74, 6) is 0. The third-order valence-electron chi connectivity index (χ3n) is 3.62. The van der Waals surface area contributed by atoms with Crippen LogP contribution in [0.5, 0.6) is 0 Å². The molecule has 1 aliphatic rings. The first-order valence-electron chi connectivity index (χ1n) is 6.36. The minimum absolute atomic E-state index is 0.0169. The number of hydrogen-bond acceptors (Lipinski definition) is 1. The molecule has 1 rings (SSSR count). The third-order valence-corrected chi connectivity index (χ3v) is 3.62. The van der Waals surface area contributed by atoms with E-state index < -0.39 is 0 Å². The lowest BCUT2D eigenvalue weighted by molar-refractivity contribution is 0.441. The van der Waals surface area contributed by atoms with Gasteiger partial charge in [-0.3, -0.25) is 0 Å². The molecule has 0 radical (unpaired) electrons. The van der Waals surface area contributed by atoms with Gasteiger partial charge in [-0.25, -0.2) is 0 Å². The number of allylic oxidation sites excluding steroid dienone is 7. The van der Waals surface area contributed by atoms with E-state index in [1.165, 1.54) is 22.5 Å². The Morgan fingerprint density at radius 2 is 1.83 bits per heavy atom. The highest BCUT2D eigenvalue weighted by molar-refractivity contribution is 5.51. The van der Waals surface area contributed by atoms with E-state index >= 15 is 0 Å². The molecule has 1 aliphatic heterocycles. The molecule has 18 heavy (non-hydrogen) atoms. The molecule has 1 heterocycles. The molecule has 0 unspecified atom stereocenters. The summed E-state index contributed by atoms with van der Waals surface area (Å²) >= 11 is 0. The van der Waals surface area contributed by atoms with Gasteiger partial charge in [0.1, 0.15) is 0 Å². The van der Waals surface area contributed by atoms with Gasteiger partial charge < -0.3 is 4.90 Å². The van der Waals surface area contributed by atoms with Gasteiger partial charge in [0.05, 0.1) is 0 Å². The highest BCUT2D eigenvalue weighted by Gasteiger charge is 2.39. The molecule has 0 aromatic rings. The molecular weight excluding hydrogens is 218 g/mol. The molecule has 0 bridgehead atoms. The number of nitrogens with zero attached hydrogens (tertiary/aromatic N) is 1. The van der Waals surface area contributed by atoms with Gasteiger partial charge in [-0.15, -0.1) is 0 Å². The fourth-order valence-corrected chi connectivity index (χ4v) is 3.00. The van der Waals surface area contributed by atoms with E-state index in [0.29, 0.717) is 0 Å². The van der Waals surface area contributed by atoms with Gasteiger partial charge in [-0.1, -0.05) is 44.7 Å². The topological polar surface area (TPSA) is 3.24 Å². The van der Waals surface area contributed by atoms with Crippen molar-refractivity contribution in [1.29, 1.82) is 0 Å². The fourth-order valence-electron chi connectivity index (χ4n) is 3.00. The van der Waals surface area contributed by atoms with Crippen LogP contribution in [0.2, 0.25) is 0 Å². The fraction of sp³-hybridized carbons (Fsp3) is 0.412. The highest BCUT2D eigenvalue weighted by atomic mass is 15.2. The Morgan fingerprint density at radius 1 is 1.28 bits per heavy atom. The van der Waals surface area contributed by atoms with E-state index in [4.69, 9.17) is 0 Å². The van der Waals surface area contributed by atoms with Crippen LogP contribution in [0.15, 0.2) is 59.5 Å². The molecule has 98 valence electrons. The van der Waals surface area contributed by atoms with E-state index in [1.54, 1.807) is 0 Å². The quantitative estimate of drug-likeness (QED) is 0.642. The lowest BCUT2D eigenvalue weighted by Gasteiger charge is -2.27. The highest BCUT2D eigenvalue weighted by Crippen LogP contribution is 2.48. The second-order valence-electron chi connectivity index (χ2n) is 5.61. The lowest BCUT2D eigenvalue weighted by atomic mass is 9.79. The summed E-state index contributed by atoms with van der Waals surface area (Å²) in [6, 6.07) is 0. The van der Waals surface area contributed by atoms with Crippen molar-refractivity contribution in [3.63, 3.8) is 0 Å². The van der Waals surface area contributed by atoms with Gasteiger partial charge in [-0.05, 0) is 38.0 Å². The predicted molar refractivity (Wildman–Crippen MR) is 81.1 cm³/mol. The van der Waals surface area contributed by atoms with Crippen LogP contribution < -0.4 is 0 Å². The van der Waals surface area contributed by atoms with E-state index in [-0.39, 0.29) is 5.41 Å². The lowest BCUT2D eigenvalue weighted by Crippen LogP contribution is -2.19. The molecule has 0 fully saturated rings. The summed E-state index contributed by atoms with van der Waals surface area (Å²) in [4.78, 5) is 2.26. The molecule has 0 aliphatic carbocycles. The Labute approximate surface area is 112 Å².